The monoisotopic (exact) mass is 445 g/mol. The van der Waals surface area contributed by atoms with E-state index in [0.717, 1.165) is 11.3 Å². The van der Waals surface area contributed by atoms with Crippen LogP contribution in [0.1, 0.15) is 45.9 Å². The van der Waals surface area contributed by atoms with E-state index in [2.05, 4.69) is 21.9 Å². The number of fused-ring (bicyclic) bond motifs is 1. The number of allylic oxidation sites excluding steroid dienone is 1. The van der Waals surface area contributed by atoms with Gasteiger partial charge in [0.1, 0.15) is 17.2 Å². The van der Waals surface area contributed by atoms with Crippen LogP contribution in [0.4, 0.5) is 4.39 Å². The summed E-state index contributed by atoms with van der Waals surface area (Å²) >= 11 is 0. The normalized spacial score (nSPS) is 13.8. The molecule has 0 bridgehead atoms. The van der Waals surface area contributed by atoms with Crippen molar-refractivity contribution in [3.05, 3.63) is 94.4 Å². The molecule has 1 N–H and O–H groups in total. The molecule has 0 saturated heterocycles. The van der Waals surface area contributed by atoms with Crippen LogP contribution in [0.15, 0.2) is 91.8 Å². The van der Waals surface area contributed by atoms with Crippen molar-refractivity contribution < 1.29 is 8.81 Å². The third kappa shape index (κ3) is 5.17. The van der Waals surface area contributed by atoms with Crippen LogP contribution in [0, 0.1) is 5.82 Å². The molecule has 0 fully saturated rings. The smallest absolute Gasteiger partial charge is 0.200 e. The Balaban J connectivity index is 2.21. The Bertz CT molecular complexity index is 1320. The molecule has 33 heavy (non-hydrogen) atoms. The molecule has 0 aliphatic heterocycles. The lowest BCUT2D eigenvalue weighted by Crippen LogP contribution is -2.24. The summed E-state index contributed by atoms with van der Waals surface area (Å²) in [6, 6.07) is 12.8. The summed E-state index contributed by atoms with van der Waals surface area (Å²) in [5.74, 6) is 0.583. The summed E-state index contributed by atoms with van der Waals surface area (Å²) in [5.41, 5.74) is 2.79. The van der Waals surface area contributed by atoms with Crippen molar-refractivity contribution in [2.75, 3.05) is 0 Å². The number of para-hydroxylation sites is 1. The summed E-state index contributed by atoms with van der Waals surface area (Å²) in [5, 5.41) is 3.92. The highest BCUT2D eigenvalue weighted by Crippen LogP contribution is 2.31. The molecule has 170 valence electrons. The van der Waals surface area contributed by atoms with Crippen LogP contribution >= 0.6 is 0 Å². The molecule has 0 saturated carbocycles. The summed E-state index contributed by atoms with van der Waals surface area (Å²) in [6.45, 7) is 11.3. The van der Waals surface area contributed by atoms with Crippen LogP contribution < -0.4 is 10.7 Å². The van der Waals surface area contributed by atoms with Gasteiger partial charge in [0, 0.05) is 23.7 Å². The molecule has 6 heteroatoms. The molecule has 2 aromatic carbocycles. The number of hydrogen-bond donors (Lipinski definition) is 1. The van der Waals surface area contributed by atoms with Crippen molar-refractivity contribution in [2.45, 2.75) is 40.2 Å². The molecule has 3 aromatic rings. The third-order valence-electron chi connectivity index (χ3n) is 5.42. The van der Waals surface area contributed by atoms with Crippen LogP contribution in [-0.2, 0) is 0 Å². The maximum atomic E-state index is 14.1. The Labute approximate surface area is 193 Å². The van der Waals surface area contributed by atoms with E-state index < -0.39 is 5.82 Å². The number of rotatable bonds is 7. The van der Waals surface area contributed by atoms with Gasteiger partial charge in [-0.05, 0) is 57.0 Å². The topological polar surface area (TPSA) is 67.0 Å². The van der Waals surface area contributed by atoms with Crippen molar-refractivity contribution in [3.63, 3.8) is 0 Å². The summed E-state index contributed by atoms with van der Waals surface area (Å²) in [6.07, 6.45) is 3.74. The first-order valence-electron chi connectivity index (χ1n) is 10.8. The molecule has 1 atom stereocenters. The van der Waals surface area contributed by atoms with Gasteiger partial charge in [0.25, 0.3) is 0 Å². The molecule has 0 unspecified atom stereocenters. The first kappa shape index (κ1) is 23.9. The molecule has 1 aromatic heterocycles. The molecule has 5 nitrogen and oxygen atoms in total. The number of halogens is 1. The maximum Gasteiger partial charge on any atom is 0.200 e. The van der Waals surface area contributed by atoms with Gasteiger partial charge >= 0.3 is 0 Å². The van der Waals surface area contributed by atoms with E-state index in [4.69, 9.17) is 4.42 Å². The van der Waals surface area contributed by atoms with Crippen LogP contribution in [0.3, 0.4) is 0 Å². The molecule has 0 aliphatic carbocycles. The number of nitrogens with one attached hydrogen (secondary N) is 1. The quantitative estimate of drug-likeness (QED) is 0.330. The van der Waals surface area contributed by atoms with Crippen molar-refractivity contribution in [1.82, 2.24) is 5.32 Å². The fourth-order valence-corrected chi connectivity index (χ4v) is 3.65. The Morgan fingerprint density at radius 2 is 1.97 bits per heavy atom. The van der Waals surface area contributed by atoms with E-state index in [1.54, 1.807) is 36.5 Å². The van der Waals surface area contributed by atoms with Crippen molar-refractivity contribution in [2.24, 2.45) is 9.98 Å². The highest BCUT2D eigenvalue weighted by Gasteiger charge is 2.23. The largest absolute Gasteiger partial charge is 0.458 e. The van der Waals surface area contributed by atoms with Gasteiger partial charge in [0.2, 0.25) is 5.43 Å². The second-order valence-electron chi connectivity index (χ2n) is 7.55. The number of benzene rings is 2. The lowest BCUT2D eigenvalue weighted by atomic mass is 9.97. The van der Waals surface area contributed by atoms with Crippen LogP contribution in [0.2, 0.25) is 0 Å². The van der Waals surface area contributed by atoms with Gasteiger partial charge in [0.15, 0.2) is 5.84 Å². The van der Waals surface area contributed by atoms with E-state index in [9.17, 15) is 9.18 Å². The van der Waals surface area contributed by atoms with Crippen molar-refractivity contribution in [1.29, 1.82) is 0 Å². The summed E-state index contributed by atoms with van der Waals surface area (Å²) in [4.78, 5) is 22.1. The van der Waals surface area contributed by atoms with E-state index in [0.29, 0.717) is 40.1 Å². The van der Waals surface area contributed by atoms with Gasteiger partial charge in [-0.25, -0.2) is 14.4 Å². The minimum Gasteiger partial charge on any atom is -0.458 e. The van der Waals surface area contributed by atoms with Gasteiger partial charge < -0.3 is 9.73 Å². The van der Waals surface area contributed by atoms with E-state index in [-0.39, 0.29) is 11.5 Å². The van der Waals surface area contributed by atoms with Gasteiger partial charge in [-0.2, -0.15) is 0 Å². The van der Waals surface area contributed by atoms with Crippen LogP contribution in [0.5, 0.6) is 0 Å². The highest BCUT2D eigenvalue weighted by molar-refractivity contribution is 6.02. The first-order valence-corrected chi connectivity index (χ1v) is 10.8. The van der Waals surface area contributed by atoms with Gasteiger partial charge in [-0.1, -0.05) is 37.8 Å². The predicted octanol–water partition coefficient (Wildman–Crippen LogP) is 6.57. The molecule has 1 heterocycles. The minimum absolute atomic E-state index is 0.194. The molecule has 3 rings (SSSR count). The highest BCUT2D eigenvalue weighted by atomic mass is 19.1. The van der Waals surface area contributed by atoms with E-state index in [1.807, 2.05) is 33.8 Å². The Hall–Kier alpha value is -3.80. The molecular weight excluding hydrogens is 417 g/mol. The number of hydrogen-bond acceptors (Lipinski definition) is 4. The molecule has 0 amide bonds. The zero-order valence-electron chi connectivity index (χ0n) is 19.4. The first-order chi connectivity index (χ1) is 15.9. The average Bonchev–Trinajstić information content (AvgIpc) is 2.81. The molecular formula is C27H28FN3O2. The van der Waals surface area contributed by atoms with Crippen molar-refractivity contribution >= 4 is 23.0 Å². The number of amidine groups is 1. The van der Waals surface area contributed by atoms with E-state index in [1.165, 1.54) is 18.3 Å². The third-order valence-corrected chi connectivity index (χ3v) is 5.42. The van der Waals surface area contributed by atoms with Gasteiger partial charge in [-0.3, -0.25) is 4.79 Å². The second-order valence-corrected chi connectivity index (χ2v) is 7.55. The zero-order valence-corrected chi connectivity index (χ0v) is 19.4. The SMILES string of the molecule is C=CN=C(N=CC)/C(C)=C(\C)N[C@@H](CC)c1oc2ccccc2c(=O)c1-c1cccc(F)c1. The van der Waals surface area contributed by atoms with E-state index >= 15 is 0 Å². The molecule has 0 aliphatic rings. The number of nitrogens with zero attached hydrogens (tertiary/aromatic N) is 2. The summed E-state index contributed by atoms with van der Waals surface area (Å²) in [7, 11) is 0. The Kier molecular flexibility index (Phi) is 7.72. The fraction of sp³-hybridized carbons (Fsp3) is 0.222. The lowest BCUT2D eigenvalue weighted by molar-refractivity contribution is 0.439. The van der Waals surface area contributed by atoms with Gasteiger partial charge in [-0.15, -0.1) is 0 Å². The molecule has 0 radical (unpaired) electrons. The Morgan fingerprint density at radius 3 is 2.64 bits per heavy atom. The zero-order chi connectivity index (χ0) is 24.0. The Morgan fingerprint density at radius 1 is 1.21 bits per heavy atom. The molecule has 0 spiro atoms. The average molecular weight is 446 g/mol. The fourth-order valence-electron chi connectivity index (χ4n) is 3.65. The van der Waals surface area contributed by atoms with Crippen molar-refractivity contribution in [3.8, 4) is 11.1 Å². The van der Waals surface area contributed by atoms with Crippen LogP contribution in [-0.4, -0.2) is 12.1 Å². The standard InChI is InChI=1S/C27H28FN3O2/c1-6-22(31-18(5)17(4)27(29-7-2)30-8-3)26-24(19-12-11-13-20(28)16-19)25(32)21-14-9-10-15-23(21)33-26/h7-16,22,31H,2,6H2,1,3-5H3/b18-17+,29-27?,30-8?/t22-/m0/s1. The van der Waals surface area contributed by atoms with Crippen LogP contribution in [0.25, 0.3) is 22.1 Å². The maximum absolute atomic E-state index is 14.1. The minimum atomic E-state index is -0.415. The second kappa shape index (κ2) is 10.7. The lowest BCUT2D eigenvalue weighted by Gasteiger charge is -2.22. The van der Waals surface area contributed by atoms with Gasteiger partial charge in [0.05, 0.1) is 17.0 Å². The predicted molar refractivity (Wildman–Crippen MR) is 134 cm³/mol. The summed E-state index contributed by atoms with van der Waals surface area (Å²) < 4.78 is 20.3. The number of aliphatic imine (C=N–C) groups is 2.